The lowest BCUT2D eigenvalue weighted by Gasteiger charge is -2.32. The summed E-state index contributed by atoms with van der Waals surface area (Å²) in [5.74, 6) is 2.25. The number of carbonyl (C=O) groups excluding carboxylic acids is 1. The van der Waals surface area contributed by atoms with E-state index in [4.69, 9.17) is 0 Å². The van der Waals surface area contributed by atoms with Crippen molar-refractivity contribution < 1.29 is 4.79 Å². The fourth-order valence-corrected chi connectivity index (χ4v) is 5.33. The summed E-state index contributed by atoms with van der Waals surface area (Å²) in [5.41, 5.74) is 0.608. The van der Waals surface area contributed by atoms with Gasteiger partial charge in [0.25, 0.3) is 5.91 Å². The van der Waals surface area contributed by atoms with Crippen molar-refractivity contribution in [2.75, 3.05) is 18.8 Å². The van der Waals surface area contributed by atoms with E-state index in [0.29, 0.717) is 5.92 Å². The average molecular weight is 429 g/mol. The van der Waals surface area contributed by atoms with E-state index in [0.717, 1.165) is 59.4 Å². The lowest BCUT2D eigenvalue weighted by atomic mass is 9.93. The summed E-state index contributed by atoms with van der Waals surface area (Å²) in [6, 6.07) is 11.7. The Morgan fingerprint density at radius 1 is 1.24 bits per heavy atom. The van der Waals surface area contributed by atoms with E-state index in [1.165, 1.54) is 11.3 Å². The first-order valence-electron chi connectivity index (χ1n) is 9.88. The Bertz CT molecular complexity index is 1020. The maximum absolute atomic E-state index is 13.0. The Labute approximate surface area is 177 Å². The van der Waals surface area contributed by atoms with Crippen LogP contribution in [0.15, 0.2) is 51.5 Å². The number of nitrogens with zero attached hydrogens (tertiary/aromatic N) is 3. The minimum absolute atomic E-state index is 0.121. The van der Waals surface area contributed by atoms with Crippen molar-refractivity contribution in [1.29, 1.82) is 0 Å². The molecule has 0 saturated carbocycles. The van der Waals surface area contributed by atoms with Gasteiger partial charge in [-0.25, -0.2) is 14.5 Å². The van der Waals surface area contributed by atoms with Gasteiger partial charge in [-0.2, -0.15) is 5.10 Å². The standard InChI is InChI=1S/C21H24N4O2S2/c1-2-28-17-7-4-3-6-16(17)20(26)24-11-9-15(10-12-24)14-18-22-23-21(27)25(18)19-8-5-13-29-19/h3-8,13,15H,2,9-12,14H2,1H3,(H,23,27). The minimum Gasteiger partial charge on any atom is -0.339 e. The van der Waals surface area contributed by atoms with Crippen molar-refractivity contribution in [3.8, 4) is 5.00 Å². The second kappa shape index (κ2) is 9.00. The summed E-state index contributed by atoms with van der Waals surface area (Å²) in [6.07, 6.45) is 2.57. The number of nitrogens with one attached hydrogen (secondary N) is 1. The van der Waals surface area contributed by atoms with Crippen LogP contribution < -0.4 is 5.69 Å². The van der Waals surface area contributed by atoms with E-state index < -0.39 is 0 Å². The normalized spacial score (nSPS) is 15.0. The number of hydrogen-bond donors (Lipinski definition) is 1. The number of aromatic amines is 1. The highest BCUT2D eigenvalue weighted by atomic mass is 32.2. The van der Waals surface area contributed by atoms with Crippen molar-refractivity contribution in [1.82, 2.24) is 19.7 Å². The molecule has 1 saturated heterocycles. The third-order valence-corrected chi connectivity index (χ3v) is 7.07. The molecule has 0 spiro atoms. The van der Waals surface area contributed by atoms with Gasteiger partial charge in [0, 0.05) is 24.4 Å². The van der Waals surface area contributed by atoms with Crippen molar-refractivity contribution in [3.05, 3.63) is 63.7 Å². The minimum atomic E-state index is -0.194. The van der Waals surface area contributed by atoms with E-state index in [1.807, 2.05) is 46.7 Å². The summed E-state index contributed by atoms with van der Waals surface area (Å²) in [4.78, 5) is 28.2. The quantitative estimate of drug-likeness (QED) is 0.606. The number of aromatic nitrogens is 3. The van der Waals surface area contributed by atoms with E-state index in [2.05, 4.69) is 17.1 Å². The van der Waals surface area contributed by atoms with Crippen molar-refractivity contribution in [2.45, 2.75) is 31.1 Å². The molecule has 29 heavy (non-hydrogen) atoms. The number of H-pyrrole nitrogens is 1. The van der Waals surface area contributed by atoms with Gasteiger partial charge in [0.2, 0.25) is 0 Å². The van der Waals surface area contributed by atoms with E-state index in [9.17, 15) is 9.59 Å². The molecule has 8 heteroatoms. The Morgan fingerprint density at radius 3 is 2.76 bits per heavy atom. The molecule has 4 rings (SSSR count). The SMILES string of the molecule is CCSc1ccccc1C(=O)N1CCC(Cc2n[nH]c(=O)n2-c2cccs2)CC1. The molecule has 1 N–H and O–H groups in total. The van der Waals surface area contributed by atoms with Crippen molar-refractivity contribution in [3.63, 3.8) is 0 Å². The fourth-order valence-electron chi connectivity index (χ4n) is 3.78. The van der Waals surface area contributed by atoms with Gasteiger partial charge in [0.1, 0.15) is 10.8 Å². The number of hydrogen-bond acceptors (Lipinski definition) is 5. The van der Waals surface area contributed by atoms with Crippen LogP contribution in [0.25, 0.3) is 5.00 Å². The number of rotatable bonds is 6. The molecule has 0 unspecified atom stereocenters. The second-order valence-electron chi connectivity index (χ2n) is 7.10. The van der Waals surface area contributed by atoms with Crippen LogP contribution in [0.2, 0.25) is 0 Å². The Kier molecular flexibility index (Phi) is 6.20. The molecule has 0 atom stereocenters. The first-order valence-corrected chi connectivity index (χ1v) is 11.7. The lowest BCUT2D eigenvalue weighted by molar-refractivity contribution is 0.0686. The predicted octanol–water partition coefficient (Wildman–Crippen LogP) is 3.83. The number of piperidine rings is 1. The number of benzene rings is 1. The highest BCUT2D eigenvalue weighted by molar-refractivity contribution is 7.99. The maximum atomic E-state index is 13.0. The molecule has 0 radical (unpaired) electrons. The maximum Gasteiger partial charge on any atom is 0.348 e. The van der Waals surface area contributed by atoms with Gasteiger partial charge in [-0.15, -0.1) is 23.1 Å². The van der Waals surface area contributed by atoms with Crippen LogP contribution in [0.4, 0.5) is 0 Å². The van der Waals surface area contributed by atoms with Gasteiger partial charge in [0.05, 0.1) is 5.56 Å². The monoisotopic (exact) mass is 428 g/mol. The molecule has 2 aromatic heterocycles. The van der Waals surface area contributed by atoms with Crippen LogP contribution >= 0.6 is 23.1 Å². The molecule has 1 aromatic carbocycles. The summed E-state index contributed by atoms with van der Waals surface area (Å²) in [7, 11) is 0. The predicted molar refractivity (Wildman–Crippen MR) is 117 cm³/mol. The van der Waals surface area contributed by atoms with Crippen LogP contribution in [-0.2, 0) is 6.42 Å². The van der Waals surface area contributed by atoms with Gasteiger partial charge in [-0.1, -0.05) is 19.1 Å². The summed E-state index contributed by atoms with van der Waals surface area (Å²) < 4.78 is 1.67. The Morgan fingerprint density at radius 2 is 2.03 bits per heavy atom. The molecule has 0 bridgehead atoms. The zero-order valence-electron chi connectivity index (χ0n) is 16.3. The number of likely N-dealkylation sites (tertiary alicyclic amines) is 1. The first kappa shape index (κ1) is 20.0. The first-order chi connectivity index (χ1) is 14.2. The van der Waals surface area contributed by atoms with Crippen molar-refractivity contribution in [2.24, 2.45) is 5.92 Å². The topological polar surface area (TPSA) is 71.0 Å². The highest BCUT2D eigenvalue weighted by Gasteiger charge is 2.26. The summed E-state index contributed by atoms with van der Waals surface area (Å²) in [5, 5.41) is 9.67. The van der Waals surface area contributed by atoms with Gasteiger partial charge in [-0.3, -0.25) is 4.79 Å². The van der Waals surface area contributed by atoms with E-state index >= 15 is 0 Å². The van der Waals surface area contributed by atoms with Crippen LogP contribution in [0.1, 0.15) is 35.9 Å². The molecule has 1 aliphatic heterocycles. The molecule has 3 heterocycles. The molecule has 0 aliphatic carbocycles. The lowest BCUT2D eigenvalue weighted by Crippen LogP contribution is -2.39. The summed E-state index contributed by atoms with van der Waals surface area (Å²) >= 11 is 3.23. The van der Waals surface area contributed by atoms with Gasteiger partial charge < -0.3 is 4.90 Å². The van der Waals surface area contributed by atoms with E-state index in [-0.39, 0.29) is 11.6 Å². The van der Waals surface area contributed by atoms with Gasteiger partial charge >= 0.3 is 5.69 Å². The molecule has 6 nitrogen and oxygen atoms in total. The van der Waals surface area contributed by atoms with Gasteiger partial charge in [0.15, 0.2) is 0 Å². The molecular weight excluding hydrogens is 404 g/mol. The summed E-state index contributed by atoms with van der Waals surface area (Å²) in [6.45, 7) is 3.58. The molecule has 1 fully saturated rings. The Balaban J connectivity index is 1.41. The largest absolute Gasteiger partial charge is 0.348 e. The van der Waals surface area contributed by atoms with Crippen LogP contribution in [0, 0.1) is 5.92 Å². The van der Waals surface area contributed by atoms with Gasteiger partial charge in [-0.05, 0) is 54.2 Å². The molecule has 1 amide bonds. The smallest absolute Gasteiger partial charge is 0.339 e. The average Bonchev–Trinajstić information content (AvgIpc) is 3.38. The Hall–Kier alpha value is -2.32. The number of thioether (sulfide) groups is 1. The molecule has 152 valence electrons. The molecular formula is C21H24N4O2S2. The zero-order chi connectivity index (χ0) is 20.2. The number of carbonyl (C=O) groups is 1. The van der Waals surface area contributed by atoms with Crippen molar-refractivity contribution >= 4 is 29.0 Å². The fraction of sp³-hybridized carbons (Fsp3) is 0.381. The van der Waals surface area contributed by atoms with Crippen LogP contribution in [0.5, 0.6) is 0 Å². The number of amides is 1. The highest BCUT2D eigenvalue weighted by Crippen LogP contribution is 2.27. The molecule has 3 aromatic rings. The molecule has 1 aliphatic rings. The third-order valence-electron chi connectivity index (χ3n) is 5.26. The third kappa shape index (κ3) is 4.33. The van der Waals surface area contributed by atoms with E-state index in [1.54, 1.807) is 16.3 Å². The second-order valence-corrected chi connectivity index (χ2v) is 9.33. The van der Waals surface area contributed by atoms with Crippen LogP contribution in [0.3, 0.4) is 0 Å². The van der Waals surface area contributed by atoms with Crippen LogP contribution in [-0.4, -0.2) is 44.4 Å². The number of thiophene rings is 1. The zero-order valence-corrected chi connectivity index (χ0v) is 18.0.